The molecule has 0 aliphatic carbocycles. The maximum absolute atomic E-state index is 12.6. The number of hydrogen-bond donors (Lipinski definition) is 1. The zero-order valence-electron chi connectivity index (χ0n) is 17.2. The number of rotatable bonds is 5. The number of carbonyl (C=O) groups is 3. The molecule has 3 heterocycles. The molecule has 4 rings (SSSR count). The topological polar surface area (TPSA) is 79.0 Å². The fourth-order valence-corrected chi connectivity index (χ4v) is 5.02. The van der Waals surface area contributed by atoms with Gasteiger partial charge < -0.3 is 15.0 Å². The van der Waals surface area contributed by atoms with E-state index in [1.165, 1.54) is 29.6 Å². The molecular formula is C22H24ClN3O4S. The molecule has 1 aromatic carbocycles. The van der Waals surface area contributed by atoms with Crippen molar-refractivity contribution in [2.24, 2.45) is 0 Å². The summed E-state index contributed by atoms with van der Waals surface area (Å²) in [6.45, 7) is 2.29. The number of amides is 2. The molecule has 0 saturated carbocycles. The summed E-state index contributed by atoms with van der Waals surface area (Å²) < 4.78 is 5.34. The smallest absolute Gasteiger partial charge is 0.319 e. The van der Waals surface area contributed by atoms with Crippen LogP contribution in [0.1, 0.15) is 27.2 Å². The Balaban J connectivity index is 1.41. The number of methoxy groups -OCH3 is 1. The molecule has 2 aromatic rings. The molecule has 2 amide bonds. The van der Waals surface area contributed by atoms with Gasteiger partial charge in [0.2, 0.25) is 5.91 Å². The molecule has 1 N–H and O–H groups in total. The summed E-state index contributed by atoms with van der Waals surface area (Å²) in [5, 5.41) is 2.94. The van der Waals surface area contributed by atoms with Gasteiger partial charge in [-0.1, -0.05) is 17.7 Å². The SMILES string of the molecule is COC(=O)CN1CCc2ccc(N3C[C@H](NC(=O)c4ccc(Cl)s4)CC3=O)cc2CC1. The first-order valence-corrected chi connectivity index (χ1v) is 11.4. The van der Waals surface area contributed by atoms with E-state index in [1.807, 2.05) is 6.07 Å². The number of nitrogens with zero attached hydrogens (tertiary/aromatic N) is 2. The molecule has 0 spiro atoms. The molecule has 9 heteroatoms. The molecule has 0 bridgehead atoms. The van der Waals surface area contributed by atoms with Gasteiger partial charge in [0, 0.05) is 31.7 Å². The van der Waals surface area contributed by atoms with Crippen molar-refractivity contribution in [3.63, 3.8) is 0 Å². The molecule has 0 unspecified atom stereocenters. The van der Waals surface area contributed by atoms with E-state index in [0.717, 1.165) is 31.6 Å². The van der Waals surface area contributed by atoms with Crippen LogP contribution in [0.15, 0.2) is 30.3 Å². The van der Waals surface area contributed by atoms with Gasteiger partial charge in [0.05, 0.1) is 28.9 Å². The predicted molar refractivity (Wildman–Crippen MR) is 120 cm³/mol. The maximum atomic E-state index is 12.6. The Morgan fingerprint density at radius 1 is 1.19 bits per heavy atom. The Bertz CT molecular complexity index is 1010. The van der Waals surface area contributed by atoms with E-state index in [0.29, 0.717) is 22.3 Å². The lowest BCUT2D eigenvalue weighted by Crippen LogP contribution is -2.36. The molecule has 1 atom stereocenters. The van der Waals surface area contributed by atoms with E-state index in [1.54, 1.807) is 17.0 Å². The molecule has 2 aliphatic heterocycles. The van der Waals surface area contributed by atoms with Gasteiger partial charge in [0.15, 0.2) is 0 Å². The van der Waals surface area contributed by atoms with Crippen LogP contribution in [0.4, 0.5) is 5.69 Å². The van der Waals surface area contributed by atoms with Crippen LogP contribution < -0.4 is 10.2 Å². The quantitative estimate of drug-likeness (QED) is 0.692. The highest BCUT2D eigenvalue weighted by Crippen LogP contribution is 2.27. The van der Waals surface area contributed by atoms with Crippen molar-refractivity contribution in [2.45, 2.75) is 25.3 Å². The number of thiophene rings is 1. The summed E-state index contributed by atoms with van der Waals surface area (Å²) in [7, 11) is 1.40. The third kappa shape index (κ3) is 5.08. The van der Waals surface area contributed by atoms with Crippen LogP contribution in [0.2, 0.25) is 4.34 Å². The average molecular weight is 462 g/mol. The van der Waals surface area contributed by atoms with Crippen LogP contribution in [0.3, 0.4) is 0 Å². The van der Waals surface area contributed by atoms with Gasteiger partial charge in [-0.15, -0.1) is 11.3 Å². The highest BCUT2D eigenvalue weighted by atomic mass is 35.5. The Kier molecular flexibility index (Phi) is 6.60. The third-order valence-corrected chi connectivity index (χ3v) is 6.96. The van der Waals surface area contributed by atoms with Crippen molar-refractivity contribution in [3.8, 4) is 0 Å². The summed E-state index contributed by atoms with van der Waals surface area (Å²) in [4.78, 5) is 41.0. The van der Waals surface area contributed by atoms with Gasteiger partial charge in [-0.05, 0) is 48.2 Å². The number of benzene rings is 1. The molecule has 1 aromatic heterocycles. The Morgan fingerprint density at radius 3 is 2.68 bits per heavy atom. The normalized spacial score (nSPS) is 19.1. The summed E-state index contributed by atoms with van der Waals surface area (Å²) in [6, 6.07) is 9.24. The lowest BCUT2D eigenvalue weighted by Gasteiger charge is -2.19. The van der Waals surface area contributed by atoms with Gasteiger partial charge in [-0.3, -0.25) is 19.3 Å². The summed E-state index contributed by atoms with van der Waals surface area (Å²) in [5.41, 5.74) is 3.28. The predicted octanol–water partition coefficient (Wildman–Crippen LogP) is 2.51. The molecule has 7 nitrogen and oxygen atoms in total. The Hall–Kier alpha value is -2.42. The minimum absolute atomic E-state index is 0.00426. The summed E-state index contributed by atoms with van der Waals surface area (Å²) in [6.07, 6.45) is 1.93. The molecule has 31 heavy (non-hydrogen) atoms. The van der Waals surface area contributed by atoms with Gasteiger partial charge >= 0.3 is 5.97 Å². The fourth-order valence-electron chi connectivity index (χ4n) is 4.08. The van der Waals surface area contributed by atoms with E-state index in [2.05, 4.69) is 22.3 Å². The van der Waals surface area contributed by atoms with Crippen molar-refractivity contribution in [3.05, 3.63) is 50.7 Å². The lowest BCUT2D eigenvalue weighted by molar-refractivity contribution is -0.141. The van der Waals surface area contributed by atoms with Crippen LogP contribution in [0.5, 0.6) is 0 Å². The van der Waals surface area contributed by atoms with Crippen molar-refractivity contribution in [1.82, 2.24) is 10.2 Å². The fraction of sp³-hybridized carbons (Fsp3) is 0.409. The van der Waals surface area contributed by atoms with Crippen LogP contribution in [0.25, 0.3) is 0 Å². The van der Waals surface area contributed by atoms with Crippen LogP contribution in [-0.2, 0) is 27.2 Å². The number of hydrogen-bond acceptors (Lipinski definition) is 6. The second kappa shape index (κ2) is 9.38. The highest BCUT2D eigenvalue weighted by molar-refractivity contribution is 7.18. The number of carbonyl (C=O) groups excluding carboxylic acids is 3. The second-order valence-corrected chi connectivity index (χ2v) is 9.50. The van der Waals surface area contributed by atoms with Crippen molar-refractivity contribution in [2.75, 3.05) is 38.2 Å². The Morgan fingerprint density at radius 2 is 1.97 bits per heavy atom. The first kappa shape index (κ1) is 21.8. The number of anilines is 1. The Labute approximate surface area is 189 Å². The monoisotopic (exact) mass is 461 g/mol. The summed E-state index contributed by atoms with van der Waals surface area (Å²) >= 11 is 7.13. The average Bonchev–Trinajstić information content (AvgIpc) is 3.29. The van der Waals surface area contributed by atoms with Crippen molar-refractivity contribution >= 4 is 46.4 Å². The lowest BCUT2D eigenvalue weighted by atomic mass is 10.0. The number of esters is 1. The molecule has 2 aliphatic rings. The van der Waals surface area contributed by atoms with Gasteiger partial charge in [-0.2, -0.15) is 0 Å². The van der Waals surface area contributed by atoms with Crippen LogP contribution in [-0.4, -0.2) is 62.0 Å². The van der Waals surface area contributed by atoms with Crippen LogP contribution >= 0.6 is 22.9 Å². The van der Waals surface area contributed by atoms with Crippen molar-refractivity contribution < 1.29 is 19.1 Å². The van der Waals surface area contributed by atoms with E-state index in [9.17, 15) is 14.4 Å². The molecule has 164 valence electrons. The van der Waals surface area contributed by atoms with E-state index in [-0.39, 0.29) is 30.2 Å². The molecule has 1 fully saturated rings. The zero-order valence-corrected chi connectivity index (χ0v) is 18.8. The number of nitrogens with one attached hydrogen (secondary N) is 1. The van der Waals surface area contributed by atoms with Gasteiger partial charge in [0.25, 0.3) is 5.91 Å². The highest BCUT2D eigenvalue weighted by Gasteiger charge is 2.32. The zero-order chi connectivity index (χ0) is 22.0. The first-order chi connectivity index (χ1) is 14.9. The molecule has 0 radical (unpaired) electrons. The van der Waals surface area contributed by atoms with Crippen LogP contribution in [0, 0.1) is 0 Å². The van der Waals surface area contributed by atoms with Gasteiger partial charge in [0.1, 0.15) is 0 Å². The van der Waals surface area contributed by atoms with E-state index in [4.69, 9.17) is 16.3 Å². The van der Waals surface area contributed by atoms with E-state index >= 15 is 0 Å². The van der Waals surface area contributed by atoms with Gasteiger partial charge in [-0.25, -0.2) is 0 Å². The number of halogens is 1. The molecule has 1 saturated heterocycles. The second-order valence-electron chi connectivity index (χ2n) is 7.79. The minimum Gasteiger partial charge on any atom is -0.468 e. The largest absolute Gasteiger partial charge is 0.468 e. The minimum atomic E-state index is -0.241. The maximum Gasteiger partial charge on any atom is 0.319 e. The van der Waals surface area contributed by atoms with E-state index < -0.39 is 0 Å². The standard InChI is InChI=1S/C22H24ClN3O4S/c1-30-21(28)13-25-8-6-14-2-3-17(10-15(14)7-9-25)26-12-16(11-20(26)27)24-22(29)18-4-5-19(23)31-18/h2-5,10,16H,6-9,11-13H2,1H3,(H,24,29)/t16-/m1/s1. The first-order valence-electron chi connectivity index (χ1n) is 10.2. The van der Waals surface area contributed by atoms with Crippen molar-refractivity contribution in [1.29, 1.82) is 0 Å². The molecular weight excluding hydrogens is 438 g/mol. The summed E-state index contributed by atoms with van der Waals surface area (Å²) in [5.74, 6) is -0.438. The third-order valence-electron chi connectivity index (χ3n) is 5.73. The number of ether oxygens (including phenoxy) is 1. The number of fused-ring (bicyclic) bond motifs is 1.